The quantitative estimate of drug-likeness (QED) is 0.486. The summed E-state index contributed by atoms with van der Waals surface area (Å²) in [7, 11) is 3.50. The van der Waals surface area contributed by atoms with Gasteiger partial charge in [-0.1, -0.05) is 61.0 Å². The maximum Gasteiger partial charge on any atom is 0 e. The van der Waals surface area contributed by atoms with Gasteiger partial charge in [-0.2, -0.15) is 14.1 Å². The second-order valence-electron chi connectivity index (χ2n) is 5.93. The molecule has 0 aromatic heterocycles. The second kappa shape index (κ2) is 13.4. The first kappa shape index (κ1) is 25.3. The van der Waals surface area contributed by atoms with Gasteiger partial charge in [-0.25, -0.2) is 0 Å². The van der Waals surface area contributed by atoms with Crippen LogP contribution < -0.4 is 0 Å². The summed E-state index contributed by atoms with van der Waals surface area (Å²) in [5.41, 5.74) is 0.847. The molecule has 0 unspecified atom stereocenters. The Morgan fingerprint density at radius 2 is 1.12 bits per heavy atom. The molecule has 16 heavy (non-hydrogen) atoms. The predicted molar refractivity (Wildman–Crippen MR) is 74.6 cm³/mol. The standard InChI is InChI=1S/C6H14.C6H12.C2H6N.Ir/c2*1-5-6(2,3)4;1-3-2;/h5H2,1-4H3;5H,1H2,2-4H3;1-2H3;/q;;-1;. The van der Waals surface area contributed by atoms with E-state index < -0.39 is 0 Å². The Balaban J connectivity index is -0.0000000692. The van der Waals surface area contributed by atoms with Crippen molar-refractivity contribution < 1.29 is 20.1 Å². The monoisotopic (exact) mass is 407 g/mol. The van der Waals surface area contributed by atoms with Gasteiger partial charge in [0.1, 0.15) is 0 Å². The van der Waals surface area contributed by atoms with Crippen LogP contribution in [0.1, 0.15) is 54.9 Å². The number of hydrogen-bond donors (Lipinski definition) is 0. The van der Waals surface area contributed by atoms with Gasteiger partial charge in [0.2, 0.25) is 0 Å². The van der Waals surface area contributed by atoms with Crippen LogP contribution in [-0.2, 0) is 20.1 Å². The average Bonchev–Trinajstić information content (AvgIpc) is 2.04. The van der Waals surface area contributed by atoms with Crippen molar-refractivity contribution >= 4 is 0 Å². The van der Waals surface area contributed by atoms with Crippen molar-refractivity contribution in [3.63, 3.8) is 0 Å². The van der Waals surface area contributed by atoms with E-state index in [1.54, 1.807) is 14.1 Å². The molecule has 0 aliphatic heterocycles. The maximum atomic E-state index is 3.63. The van der Waals surface area contributed by atoms with E-state index in [-0.39, 0.29) is 20.1 Å². The van der Waals surface area contributed by atoms with Gasteiger partial charge in [0.25, 0.3) is 0 Å². The molecule has 0 N–H and O–H groups in total. The molecule has 103 valence electrons. The summed E-state index contributed by atoms with van der Waals surface area (Å²) < 4.78 is 0. The number of allylic oxidation sites excluding steroid dienone is 1. The van der Waals surface area contributed by atoms with Crippen molar-refractivity contribution in [2.24, 2.45) is 10.8 Å². The summed E-state index contributed by atoms with van der Waals surface area (Å²) >= 11 is 0. The minimum atomic E-state index is 0. The Bertz CT molecular complexity index is 129. The fourth-order valence-corrected chi connectivity index (χ4v) is 0. The molecule has 0 heterocycles. The zero-order valence-corrected chi connectivity index (χ0v) is 15.2. The smallest absolute Gasteiger partial charge is 0 e. The molecular formula is C14H32IrN-. The molecule has 0 fully saturated rings. The van der Waals surface area contributed by atoms with Crippen LogP contribution in [0, 0.1) is 10.8 Å². The van der Waals surface area contributed by atoms with E-state index in [1.165, 1.54) is 6.42 Å². The first-order chi connectivity index (χ1) is 6.54. The van der Waals surface area contributed by atoms with E-state index in [0.717, 1.165) is 0 Å². The third-order valence-corrected chi connectivity index (χ3v) is 1.67. The largest absolute Gasteiger partial charge is 0.668 e. The van der Waals surface area contributed by atoms with Crippen LogP contribution in [0.25, 0.3) is 5.32 Å². The molecule has 0 saturated heterocycles. The molecule has 0 rings (SSSR count). The molecule has 2 heteroatoms. The molecule has 0 spiro atoms. The molecule has 0 aliphatic rings. The topological polar surface area (TPSA) is 14.1 Å². The Morgan fingerprint density at radius 3 is 1.12 bits per heavy atom. The summed E-state index contributed by atoms with van der Waals surface area (Å²) in [5.74, 6) is 0. The number of rotatable bonds is 0. The van der Waals surface area contributed by atoms with Gasteiger partial charge in [0, 0.05) is 20.1 Å². The fourth-order valence-electron chi connectivity index (χ4n) is 0. The molecule has 1 nitrogen and oxygen atoms in total. The Hall–Kier alpha value is 0.349. The van der Waals surface area contributed by atoms with Gasteiger partial charge in [-0.05, 0) is 10.8 Å². The molecule has 0 aliphatic carbocycles. The zero-order chi connectivity index (χ0) is 13.1. The van der Waals surface area contributed by atoms with E-state index in [0.29, 0.717) is 10.8 Å². The first-order valence-electron chi connectivity index (χ1n) is 5.65. The maximum absolute atomic E-state index is 3.63. The predicted octanol–water partition coefficient (Wildman–Crippen LogP) is 5.28. The molecule has 0 bridgehead atoms. The third kappa shape index (κ3) is 63.4. The van der Waals surface area contributed by atoms with Crippen molar-refractivity contribution in [2.75, 3.05) is 14.1 Å². The minimum absolute atomic E-state index is 0. The van der Waals surface area contributed by atoms with Gasteiger partial charge in [0.15, 0.2) is 0 Å². The van der Waals surface area contributed by atoms with Gasteiger partial charge in [-0.15, -0.1) is 6.58 Å². The number of nitrogens with zero attached hydrogens (tertiary/aromatic N) is 1. The van der Waals surface area contributed by atoms with E-state index in [4.69, 9.17) is 0 Å². The molecule has 0 saturated carbocycles. The van der Waals surface area contributed by atoms with E-state index in [1.807, 2.05) is 6.08 Å². The average molecular weight is 407 g/mol. The van der Waals surface area contributed by atoms with Crippen LogP contribution in [0.2, 0.25) is 0 Å². The molecular weight excluding hydrogens is 374 g/mol. The summed E-state index contributed by atoms with van der Waals surface area (Å²) in [6.45, 7) is 18.9. The first-order valence-corrected chi connectivity index (χ1v) is 5.65. The van der Waals surface area contributed by atoms with E-state index in [9.17, 15) is 0 Å². The summed E-state index contributed by atoms with van der Waals surface area (Å²) in [4.78, 5) is 0. The van der Waals surface area contributed by atoms with Crippen LogP contribution in [-0.4, -0.2) is 14.1 Å². The van der Waals surface area contributed by atoms with Crippen molar-refractivity contribution in [1.82, 2.24) is 0 Å². The Morgan fingerprint density at radius 1 is 1.00 bits per heavy atom. The molecule has 0 amide bonds. The van der Waals surface area contributed by atoms with Crippen LogP contribution in [0.15, 0.2) is 12.7 Å². The van der Waals surface area contributed by atoms with Crippen molar-refractivity contribution in [3.05, 3.63) is 18.0 Å². The molecule has 0 atom stereocenters. The molecule has 0 aromatic carbocycles. The molecule has 0 aromatic rings. The fraction of sp³-hybridized carbons (Fsp3) is 0.857. The Labute approximate surface area is 118 Å². The summed E-state index contributed by atoms with van der Waals surface area (Å²) in [5, 5.41) is 3.50. The normalized spacial score (nSPS) is 9.81. The van der Waals surface area contributed by atoms with Crippen LogP contribution >= 0.6 is 0 Å². The summed E-state index contributed by atoms with van der Waals surface area (Å²) in [6, 6.07) is 0. The Kier molecular flexibility index (Phi) is 21.2. The van der Waals surface area contributed by atoms with Gasteiger partial charge >= 0.3 is 0 Å². The minimum Gasteiger partial charge on any atom is -0.668 e. The van der Waals surface area contributed by atoms with Gasteiger partial charge in [0.05, 0.1) is 0 Å². The second-order valence-corrected chi connectivity index (χ2v) is 5.93. The number of hydrogen-bond acceptors (Lipinski definition) is 0. The van der Waals surface area contributed by atoms with Crippen LogP contribution in [0.4, 0.5) is 0 Å². The van der Waals surface area contributed by atoms with Gasteiger partial charge in [-0.3, -0.25) is 0 Å². The van der Waals surface area contributed by atoms with E-state index >= 15 is 0 Å². The van der Waals surface area contributed by atoms with Crippen molar-refractivity contribution in [2.45, 2.75) is 54.9 Å². The van der Waals surface area contributed by atoms with Crippen LogP contribution in [0.3, 0.4) is 0 Å². The third-order valence-electron chi connectivity index (χ3n) is 1.67. The van der Waals surface area contributed by atoms with Crippen molar-refractivity contribution in [3.8, 4) is 0 Å². The zero-order valence-electron chi connectivity index (χ0n) is 12.8. The van der Waals surface area contributed by atoms with E-state index in [2.05, 4.69) is 60.4 Å². The van der Waals surface area contributed by atoms with Gasteiger partial charge < -0.3 is 5.32 Å². The SMILES string of the molecule is C=CC(C)(C)C.CCC(C)(C)C.C[N-]C.[Ir]. The van der Waals surface area contributed by atoms with Crippen molar-refractivity contribution in [1.29, 1.82) is 0 Å². The molecule has 1 radical (unpaired) electrons. The van der Waals surface area contributed by atoms with Crippen LogP contribution in [0.5, 0.6) is 0 Å². The summed E-state index contributed by atoms with van der Waals surface area (Å²) in [6.07, 6.45) is 3.21.